The SMILES string of the molecule is O[C@@H]1CCC[C@@H](c2ccccc2)C1. The lowest BCUT2D eigenvalue weighted by molar-refractivity contribution is 0.119. The van der Waals surface area contributed by atoms with Crippen molar-refractivity contribution in [1.82, 2.24) is 0 Å². The first-order valence-corrected chi connectivity index (χ1v) is 5.09. The zero-order valence-electron chi connectivity index (χ0n) is 7.82. The Bertz CT molecular complexity index is 255. The molecular formula is C12H16O. The van der Waals surface area contributed by atoms with Crippen LogP contribution in [0.3, 0.4) is 0 Å². The number of benzene rings is 1. The number of rotatable bonds is 1. The lowest BCUT2D eigenvalue weighted by Crippen LogP contribution is -2.17. The van der Waals surface area contributed by atoms with Gasteiger partial charge in [-0.3, -0.25) is 0 Å². The van der Waals surface area contributed by atoms with Gasteiger partial charge < -0.3 is 5.11 Å². The molecule has 0 amide bonds. The van der Waals surface area contributed by atoms with Gasteiger partial charge in [-0.1, -0.05) is 36.8 Å². The van der Waals surface area contributed by atoms with E-state index < -0.39 is 0 Å². The van der Waals surface area contributed by atoms with Crippen LogP contribution >= 0.6 is 0 Å². The molecule has 1 fully saturated rings. The van der Waals surface area contributed by atoms with Gasteiger partial charge in [-0.15, -0.1) is 0 Å². The van der Waals surface area contributed by atoms with E-state index in [0.29, 0.717) is 5.92 Å². The highest BCUT2D eigenvalue weighted by atomic mass is 16.3. The smallest absolute Gasteiger partial charge is 0.0546 e. The predicted molar refractivity (Wildman–Crippen MR) is 53.7 cm³/mol. The average molecular weight is 176 g/mol. The Morgan fingerprint density at radius 1 is 1.08 bits per heavy atom. The van der Waals surface area contributed by atoms with Crippen molar-refractivity contribution in [2.75, 3.05) is 0 Å². The molecule has 0 saturated heterocycles. The summed E-state index contributed by atoms with van der Waals surface area (Å²) in [6.45, 7) is 0. The van der Waals surface area contributed by atoms with E-state index in [0.717, 1.165) is 12.8 Å². The molecule has 1 N–H and O–H groups in total. The van der Waals surface area contributed by atoms with E-state index in [9.17, 15) is 5.11 Å². The topological polar surface area (TPSA) is 20.2 Å². The van der Waals surface area contributed by atoms with Gasteiger partial charge in [0, 0.05) is 0 Å². The fourth-order valence-corrected chi connectivity index (χ4v) is 2.19. The van der Waals surface area contributed by atoms with Crippen molar-refractivity contribution in [3.8, 4) is 0 Å². The van der Waals surface area contributed by atoms with Gasteiger partial charge in [0.2, 0.25) is 0 Å². The maximum absolute atomic E-state index is 9.54. The van der Waals surface area contributed by atoms with Crippen molar-refractivity contribution >= 4 is 0 Å². The molecule has 1 heteroatoms. The Morgan fingerprint density at radius 2 is 1.85 bits per heavy atom. The minimum Gasteiger partial charge on any atom is -0.393 e. The van der Waals surface area contributed by atoms with Crippen LogP contribution in [0.2, 0.25) is 0 Å². The molecule has 0 bridgehead atoms. The monoisotopic (exact) mass is 176 g/mol. The van der Waals surface area contributed by atoms with Crippen LogP contribution in [0.5, 0.6) is 0 Å². The Morgan fingerprint density at radius 3 is 2.54 bits per heavy atom. The second-order valence-electron chi connectivity index (χ2n) is 3.93. The predicted octanol–water partition coefficient (Wildman–Crippen LogP) is 2.71. The summed E-state index contributed by atoms with van der Waals surface area (Å²) < 4.78 is 0. The van der Waals surface area contributed by atoms with E-state index in [1.54, 1.807) is 0 Å². The molecular weight excluding hydrogens is 160 g/mol. The van der Waals surface area contributed by atoms with Crippen molar-refractivity contribution in [3.63, 3.8) is 0 Å². The minimum absolute atomic E-state index is 0.0704. The third kappa shape index (κ3) is 2.10. The average Bonchev–Trinajstić information content (AvgIpc) is 2.19. The van der Waals surface area contributed by atoms with Gasteiger partial charge in [0.15, 0.2) is 0 Å². The van der Waals surface area contributed by atoms with Crippen LogP contribution in [0.15, 0.2) is 30.3 Å². The molecule has 13 heavy (non-hydrogen) atoms. The van der Waals surface area contributed by atoms with Crippen LogP contribution in [0, 0.1) is 0 Å². The van der Waals surface area contributed by atoms with Gasteiger partial charge in [-0.2, -0.15) is 0 Å². The van der Waals surface area contributed by atoms with E-state index in [1.807, 2.05) is 6.07 Å². The lowest BCUT2D eigenvalue weighted by atomic mass is 9.83. The van der Waals surface area contributed by atoms with Gasteiger partial charge >= 0.3 is 0 Å². The van der Waals surface area contributed by atoms with Gasteiger partial charge in [-0.25, -0.2) is 0 Å². The van der Waals surface area contributed by atoms with Crippen LogP contribution in [0.25, 0.3) is 0 Å². The van der Waals surface area contributed by atoms with E-state index in [4.69, 9.17) is 0 Å². The van der Waals surface area contributed by atoms with Crippen LogP contribution < -0.4 is 0 Å². The van der Waals surface area contributed by atoms with Crippen LogP contribution in [-0.2, 0) is 0 Å². The van der Waals surface area contributed by atoms with Crippen molar-refractivity contribution in [2.45, 2.75) is 37.7 Å². The highest BCUT2D eigenvalue weighted by Crippen LogP contribution is 2.32. The molecule has 0 unspecified atom stereocenters. The first-order chi connectivity index (χ1) is 6.36. The summed E-state index contributed by atoms with van der Waals surface area (Å²) >= 11 is 0. The molecule has 1 aliphatic rings. The summed E-state index contributed by atoms with van der Waals surface area (Å²) in [6, 6.07) is 10.5. The van der Waals surface area contributed by atoms with Gasteiger partial charge in [0.1, 0.15) is 0 Å². The summed E-state index contributed by atoms with van der Waals surface area (Å²) in [5.41, 5.74) is 1.39. The first kappa shape index (κ1) is 8.76. The molecule has 0 aromatic heterocycles. The van der Waals surface area contributed by atoms with Crippen LogP contribution in [0.4, 0.5) is 0 Å². The largest absolute Gasteiger partial charge is 0.393 e. The van der Waals surface area contributed by atoms with E-state index >= 15 is 0 Å². The fraction of sp³-hybridized carbons (Fsp3) is 0.500. The number of aliphatic hydroxyl groups excluding tert-OH is 1. The third-order valence-electron chi connectivity index (χ3n) is 2.92. The molecule has 1 nitrogen and oxygen atoms in total. The Labute approximate surface area is 79.4 Å². The lowest BCUT2D eigenvalue weighted by Gasteiger charge is -2.25. The van der Waals surface area contributed by atoms with Gasteiger partial charge in [0.25, 0.3) is 0 Å². The van der Waals surface area contributed by atoms with E-state index in [2.05, 4.69) is 24.3 Å². The van der Waals surface area contributed by atoms with Crippen LogP contribution in [0.1, 0.15) is 37.2 Å². The van der Waals surface area contributed by atoms with E-state index in [-0.39, 0.29) is 6.10 Å². The number of aliphatic hydroxyl groups is 1. The second kappa shape index (κ2) is 3.93. The molecule has 0 radical (unpaired) electrons. The maximum Gasteiger partial charge on any atom is 0.0546 e. The summed E-state index contributed by atoms with van der Waals surface area (Å²) in [4.78, 5) is 0. The third-order valence-corrected chi connectivity index (χ3v) is 2.92. The maximum atomic E-state index is 9.54. The molecule has 0 heterocycles. The fourth-order valence-electron chi connectivity index (χ4n) is 2.19. The Hall–Kier alpha value is -0.820. The number of hydrogen-bond donors (Lipinski definition) is 1. The minimum atomic E-state index is -0.0704. The standard InChI is InChI=1S/C12H16O/c13-12-8-4-7-11(9-12)10-5-2-1-3-6-10/h1-3,5-6,11-13H,4,7-9H2/t11-,12-/m1/s1. The molecule has 1 saturated carbocycles. The molecule has 0 spiro atoms. The second-order valence-corrected chi connectivity index (χ2v) is 3.93. The summed E-state index contributed by atoms with van der Waals surface area (Å²) in [5.74, 6) is 0.588. The highest BCUT2D eigenvalue weighted by molar-refractivity contribution is 5.20. The van der Waals surface area contributed by atoms with E-state index in [1.165, 1.54) is 18.4 Å². The van der Waals surface area contributed by atoms with Gasteiger partial charge in [-0.05, 0) is 30.7 Å². The molecule has 1 aromatic rings. The molecule has 1 aliphatic carbocycles. The highest BCUT2D eigenvalue weighted by Gasteiger charge is 2.20. The van der Waals surface area contributed by atoms with Gasteiger partial charge in [0.05, 0.1) is 6.10 Å². The molecule has 70 valence electrons. The summed E-state index contributed by atoms with van der Waals surface area (Å²) in [7, 11) is 0. The van der Waals surface area contributed by atoms with Crippen molar-refractivity contribution in [3.05, 3.63) is 35.9 Å². The number of hydrogen-bond acceptors (Lipinski definition) is 1. The summed E-state index contributed by atoms with van der Waals surface area (Å²) in [6.07, 6.45) is 4.27. The zero-order chi connectivity index (χ0) is 9.10. The van der Waals surface area contributed by atoms with Crippen LogP contribution in [-0.4, -0.2) is 11.2 Å². The van der Waals surface area contributed by atoms with Crippen molar-refractivity contribution in [2.24, 2.45) is 0 Å². The normalized spacial score (nSPS) is 28.7. The Balaban J connectivity index is 2.08. The first-order valence-electron chi connectivity index (χ1n) is 5.09. The zero-order valence-corrected chi connectivity index (χ0v) is 7.82. The quantitative estimate of drug-likeness (QED) is 0.697. The Kier molecular flexibility index (Phi) is 2.65. The molecule has 2 atom stereocenters. The summed E-state index contributed by atoms with van der Waals surface area (Å²) in [5, 5.41) is 9.54. The molecule has 2 rings (SSSR count). The molecule has 1 aromatic carbocycles. The van der Waals surface area contributed by atoms with Crippen molar-refractivity contribution in [1.29, 1.82) is 0 Å². The molecule has 0 aliphatic heterocycles. The van der Waals surface area contributed by atoms with Crippen molar-refractivity contribution < 1.29 is 5.11 Å².